The van der Waals surface area contributed by atoms with Crippen molar-refractivity contribution >= 4 is 16.3 Å². The van der Waals surface area contributed by atoms with Crippen LogP contribution in [0.5, 0.6) is 0 Å². The molecule has 1 unspecified atom stereocenters. The van der Waals surface area contributed by atoms with Crippen LogP contribution in [0.25, 0.3) is 0 Å². The summed E-state index contributed by atoms with van der Waals surface area (Å²) in [5.41, 5.74) is 0. The molecule has 20 heavy (non-hydrogen) atoms. The first-order valence-electron chi connectivity index (χ1n) is 5.67. The summed E-state index contributed by atoms with van der Waals surface area (Å²) in [6, 6.07) is -1.57. The van der Waals surface area contributed by atoms with Crippen LogP contribution in [0.15, 0.2) is 15.4 Å². The minimum Gasteiger partial charge on any atom is -0.426 e. The fraction of sp³-hybridized carbons (Fsp3) is 0.625. The zero-order valence-electron chi connectivity index (χ0n) is 9.95. The Kier molecular flexibility index (Phi) is 2.90. The molecular formula is C8H9N5O6S. The predicted octanol–water partition coefficient (Wildman–Crippen LogP) is -0.0465. The minimum atomic E-state index is -4.65. The molecule has 108 valence electrons. The van der Waals surface area contributed by atoms with Crippen LogP contribution in [0, 0.1) is 4.91 Å². The number of nitrogens with zero attached hydrogens (tertiary/aromatic N) is 5. The standard InChI is InChI=1S/C8H9N5O6S/c14-8-12-3-5(13(8)19-20(16,17)11-15)1-2-6(12)7-10-9-4-18-7/h4-6H,1-3H2/t5?,6-/m0/s1. The number of urea groups is 1. The Morgan fingerprint density at radius 2 is 2.25 bits per heavy atom. The van der Waals surface area contributed by atoms with Crippen LogP contribution >= 0.6 is 0 Å². The van der Waals surface area contributed by atoms with E-state index in [1.165, 1.54) is 4.90 Å². The van der Waals surface area contributed by atoms with E-state index in [0.29, 0.717) is 17.9 Å². The second-order valence-electron chi connectivity index (χ2n) is 4.36. The Bertz CT molecular complexity index is 630. The van der Waals surface area contributed by atoms with E-state index >= 15 is 0 Å². The Hall–Kier alpha value is -2.08. The van der Waals surface area contributed by atoms with Gasteiger partial charge in [0.15, 0.2) is 0 Å². The number of piperidine rings is 1. The fourth-order valence-electron chi connectivity index (χ4n) is 2.43. The van der Waals surface area contributed by atoms with Gasteiger partial charge in [-0.3, -0.25) is 0 Å². The lowest BCUT2D eigenvalue weighted by Crippen LogP contribution is -2.35. The van der Waals surface area contributed by atoms with E-state index in [2.05, 4.69) is 14.5 Å². The number of carbonyl (C=O) groups is 1. The molecule has 0 radical (unpaired) electrons. The van der Waals surface area contributed by atoms with E-state index in [9.17, 15) is 18.1 Å². The van der Waals surface area contributed by atoms with Gasteiger partial charge >= 0.3 is 16.3 Å². The summed E-state index contributed by atoms with van der Waals surface area (Å²) >= 11 is 0. The van der Waals surface area contributed by atoms with Crippen molar-refractivity contribution in [2.75, 3.05) is 6.54 Å². The van der Waals surface area contributed by atoms with Crippen molar-refractivity contribution in [3.63, 3.8) is 0 Å². The topological polar surface area (TPSA) is 135 Å². The molecule has 0 aromatic carbocycles. The summed E-state index contributed by atoms with van der Waals surface area (Å²) in [4.78, 5) is 23.6. The molecule has 1 aromatic rings. The fourth-order valence-corrected chi connectivity index (χ4v) is 2.84. The molecular weight excluding hydrogens is 294 g/mol. The van der Waals surface area contributed by atoms with E-state index in [1.54, 1.807) is 0 Å². The van der Waals surface area contributed by atoms with Crippen LogP contribution in [0.4, 0.5) is 4.79 Å². The second-order valence-corrected chi connectivity index (χ2v) is 5.52. The summed E-state index contributed by atoms with van der Waals surface area (Å²) in [5, 5.41) is 7.95. The molecule has 12 heteroatoms. The van der Waals surface area contributed by atoms with Crippen molar-refractivity contribution in [3.8, 4) is 0 Å². The van der Waals surface area contributed by atoms with Crippen LogP contribution in [0.2, 0.25) is 0 Å². The van der Waals surface area contributed by atoms with Crippen molar-refractivity contribution in [1.82, 2.24) is 20.2 Å². The van der Waals surface area contributed by atoms with Gasteiger partial charge in [-0.05, 0) is 12.8 Å². The lowest BCUT2D eigenvalue weighted by molar-refractivity contribution is -0.0215. The number of fused-ring (bicyclic) bond motifs is 2. The van der Waals surface area contributed by atoms with Crippen LogP contribution in [0.3, 0.4) is 0 Å². The summed E-state index contributed by atoms with van der Waals surface area (Å²) < 4.78 is 33.4. The largest absolute Gasteiger partial charge is 0.436 e. The monoisotopic (exact) mass is 303 g/mol. The van der Waals surface area contributed by atoms with Crippen LogP contribution in [-0.4, -0.2) is 47.2 Å². The smallest absolute Gasteiger partial charge is 0.426 e. The zero-order chi connectivity index (χ0) is 14.3. The van der Waals surface area contributed by atoms with E-state index in [1.807, 2.05) is 4.58 Å². The third-order valence-corrected chi connectivity index (χ3v) is 3.78. The number of hydrogen-bond donors (Lipinski definition) is 0. The Labute approximate surface area is 112 Å². The molecule has 3 rings (SSSR count). The van der Waals surface area contributed by atoms with Crippen molar-refractivity contribution in [2.24, 2.45) is 4.58 Å². The molecule has 2 aliphatic heterocycles. The maximum Gasteiger partial charge on any atom is 0.436 e. The summed E-state index contributed by atoms with van der Waals surface area (Å²) in [7, 11) is -4.65. The lowest BCUT2D eigenvalue weighted by atomic mass is 10.0. The van der Waals surface area contributed by atoms with E-state index in [4.69, 9.17) is 4.42 Å². The highest BCUT2D eigenvalue weighted by molar-refractivity contribution is 7.85. The molecule has 0 spiro atoms. The molecule has 11 nitrogen and oxygen atoms in total. The normalized spacial score (nSPS) is 26.1. The van der Waals surface area contributed by atoms with Crippen molar-refractivity contribution in [2.45, 2.75) is 24.9 Å². The van der Waals surface area contributed by atoms with Gasteiger partial charge < -0.3 is 9.32 Å². The Morgan fingerprint density at radius 1 is 1.45 bits per heavy atom. The number of carbonyl (C=O) groups excluding carboxylic acids is 1. The highest BCUT2D eigenvalue weighted by Gasteiger charge is 2.49. The number of rotatable bonds is 4. The van der Waals surface area contributed by atoms with Gasteiger partial charge in [0.1, 0.15) is 6.04 Å². The molecule has 3 heterocycles. The average molecular weight is 303 g/mol. The molecule has 0 N–H and O–H groups in total. The summed E-state index contributed by atoms with van der Waals surface area (Å²) in [5.74, 6) is 0.273. The summed E-state index contributed by atoms with van der Waals surface area (Å²) in [6.45, 7) is 0.250. The van der Waals surface area contributed by atoms with Gasteiger partial charge in [0.25, 0.3) is 0 Å². The zero-order valence-corrected chi connectivity index (χ0v) is 10.8. The quantitative estimate of drug-likeness (QED) is 0.706. The first-order valence-corrected chi connectivity index (χ1v) is 7.03. The molecule has 0 aliphatic carbocycles. The average Bonchev–Trinajstić information content (AvgIpc) is 3.04. The van der Waals surface area contributed by atoms with E-state index < -0.39 is 28.4 Å². The predicted molar refractivity (Wildman–Crippen MR) is 59.8 cm³/mol. The molecule has 2 amide bonds. The highest BCUT2D eigenvalue weighted by atomic mass is 32.2. The maximum absolute atomic E-state index is 12.1. The molecule has 2 aliphatic rings. The number of amides is 2. The lowest BCUT2D eigenvalue weighted by Gasteiger charge is -2.27. The van der Waals surface area contributed by atoms with Gasteiger partial charge in [-0.25, -0.2) is 4.79 Å². The molecule has 2 bridgehead atoms. The molecule has 0 saturated carbocycles. The first kappa shape index (κ1) is 12.9. The molecule has 2 saturated heterocycles. The number of hydrogen-bond acceptors (Lipinski definition) is 8. The third-order valence-electron chi connectivity index (χ3n) is 3.25. The van der Waals surface area contributed by atoms with Crippen LogP contribution in [-0.2, 0) is 14.6 Å². The van der Waals surface area contributed by atoms with Crippen molar-refractivity contribution in [3.05, 3.63) is 17.2 Å². The molecule has 2 fully saturated rings. The van der Waals surface area contributed by atoms with E-state index in [-0.39, 0.29) is 12.4 Å². The van der Waals surface area contributed by atoms with Gasteiger partial charge in [-0.2, -0.15) is 13.5 Å². The molecule has 1 aromatic heterocycles. The highest BCUT2D eigenvalue weighted by Crippen LogP contribution is 2.37. The van der Waals surface area contributed by atoms with E-state index in [0.717, 1.165) is 6.39 Å². The van der Waals surface area contributed by atoms with Gasteiger partial charge in [0.05, 0.1) is 10.6 Å². The SMILES string of the molecule is O=NS(=O)(=O)ON1C(=O)N2CC1CC[C@H]2c1nnco1. The Morgan fingerprint density at radius 3 is 2.90 bits per heavy atom. The third kappa shape index (κ3) is 2.02. The van der Waals surface area contributed by atoms with Gasteiger partial charge in [0.2, 0.25) is 12.3 Å². The van der Waals surface area contributed by atoms with Crippen LogP contribution in [0.1, 0.15) is 24.8 Å². The summed E-state index contributed by atoms with van der Waals surface area (Å²) in [6.07, 6.45) is 2.15. The van der Waals surface area contributed by atoms with Crippen LogP contribution < -0.4 is 0 Å². The Balaban J connectivity index is 1.83. The van der Waals surface area contributed by atoms with Crippen molar-refractivity contribution in [1.29, 1.82) is 0 Å². The van der Waals surface area contributed by atoms with Gasteiger partial charge in [0, 0.05) is 6.54 Å². The van der Waals surface area contributed by atoms with Gasteiger partial charge in [-0.15, -0.1) is 19.4 Å². The first-order chi connectivity index (χ1) is 9.52. The van der Waals surface area contributed by atoms with Crippen molar-refractivity contribution < 1.29 is 21.9 Å². The molecule has 2 atom stereocenters. The minimum absolute atomic E-state index is 0.250. The second kappa shape index (κ2) is 4.49. The number of nitroso groups, excluding NO2 is 1. The number of aromatic nitrogens is 2. The number of hydroxylamine groups is 2. The van der Waals surface area contributed by atoms with Gasteiger partial charge in [-0.1, -0.05) is 0 Å². The maximum atomic E-state index is 12.1.